The molecule has 2 aliphatic rings. The molecular weight excluding hydrogens is 462 g/mol. The van der Waals surface area contributed by atoms with E-state index in [2.05, 4.69) is 25.5 Å². The number of aromatic amines is 1. The third-order valence-electron chi connectivity index (χ3n) is 6.92. The second kappa shape index (κ2) is 8.51. The molecule has 2 N–H and O–H groups in total. The molecule has 0 saturated heterocycles. The van der Waals surface area contributed by atoms with Crippen molar-refractivity contribution in [2.75, 3.05) is 5.32 Å². The Kier molecular flexibility index (Phi) is 5.28. The van der Waals surface area contributed by atoms with E-state index in [-0.39, 0.29) is 30.5 Å². The number of anilines is 2. The maximum absolute atomic E-state index is 14.5. The summed E-state index contributed by atoms with van der Waals surface area (Å²) in [6.07, 6.45) is 5.26. The fourth-order valence-corrected chi connectivity index (χ4v) is 4.98. The second-order valence-corrected chi connectivity index (χ2v) is 9.78. The molecule has 2 aromatic heterocycles. The predicted octanol–water partition coefficient (Wildman–Crippen LogP) is 5.40. The molecule has 1 fully saturated rings. The van der Waals surface area contributed by atoms with E-state index < -0.39 is 11.5 Å². The molecule has 0 spiro atoms. The standard InChI is InChI=1S/C27H24F2N6O/c1-27(29)9-20(10-27)26(36)35-14-18-3-2-17(8-19(18)15-35)24-30-13-23(28)25(34-24)33-22-6-4-16(5-7-22)21-11-31-32-12-21/h2-8,11-13,20H,9-10,14-15H2,1H3,(H,31,32)(H,30,33,34). The van der Waals surface area contributed by atoms with E-state index in [0.29, 0.717) is 24.6 Å². The lowest BCUT2D eigenvalue weighted by Crippen LogP contribution is -2.45. The molecule has 3 heterocycles. The number of amides is 1. The van der Waals surface area contributed by atoms with E-state index in [0.717, 1.165) is 34.0 Å². The molecule has 1 amide bonds. The van der Waals surface area contributed by atoms with Crippen molar-refractivity contribution in [3.05, 3.63) is 78.0 Å². The van der Waals surface area contributed by atoms with E-state index in [4.69, 9.17) is 0 Å². The minimum atomic E-state index is -1.23. The Bertz CT molecular complexity index is 1430. The highest BCUT2D eigenvalue weighted by Gasteiger charge is 2.46. The highest BCUT2D eigenvalue weighted by molar-refractivity contribution is 5.81. The number of halogens is 2. The predicted molar refractivity (Wildman–Crippen MR) is 131 cm³/mol. The summed E-state index contributed by atoms with van der Waals surface area (Å²) in [4.78, 5) is 23.1. The first kappa shape index (κ1) is 22.3. The summed E-state index contributed by atoms with van der Waals surface area (Å²) in [7, 11) is 0. The van der Waals surface area contributed by atoms with E-state index in [9.17, 15) is 13.6 Å². The van der Waals surface area contributed by atoms with Crippen LogP contribution in [0.2, 0.25) is 0 Å². The summed E-state index contributed by atoms with van der Waals surface area (Å²) < 4.78 is 28.4. The van der Waals surface area contributed by atoms with Crippen LogP contribution in [-0.2, 0) is 17.9 Å². The first-order valence-corrected chi connectivity index (χ1v) is 11.8. The number of rotatable bonds is 5. The first-order chi connectivity index (χ1) is 17.3. The molecule has 2 aromatic carbocycles. The normalized spacial score (nSPS) is 20.6. The summed E-state index contributed by atoms with van der Waals surface area (Å²) >= 11 is 0. The van der Waals surface area contributed by atoms with E-state index >= 15 is 0 Å². The van der Waals surface area contributed by atoms with Crippen LogP contribution in [0.1, 0.15) is 30.9 Å². The smallest absolute Gasteiger partial charge is 0.226 e. The number of hydrogen-bond acceptors (Lipinski definition) is 5. The zero-order valence-electron chi connectivity index (χ0n) is 19.6. The number of benzene rings is 2. The minimum absolute atomic E-state index is 0.00572. The molecular formula is C27H24F2N6O. The van der Waals surface area contributed by atoms with Crippen LogP contribution in [0.4, 0.5) is 20.3 Å². The van der Waals surface area contributed by atoms with Crippen LogP contribution in [-0.4, -0.2) is 36.6 Å². The summed E-state index contributed by atoms with van der Waals surface area (Å²) in [5.41, 5.74) is 4.19. The molecule has 4 aromatic rings. The Hall–Kier alpha value is -4.14. The largest absolute Gasteiger partial charge is 0.338 e. The van der Waals surface area contributed by atoms with Gasteiger partial charge in [0.25, 0.3) is 0 Å². The first-order valence-electron chi connectivity index (χ1n) is 11.8. The van der Waals surface area contributed by atoms with Crippen molar-refractivity contribution in [3.63, 3.8) is 0 Å². The SMILES string of the molecule is CC1(F)CC(C(=O)N2Cc3ccc(-c4ncc(F)c(Nc5ccc(-c6cn[nH]c6)cc5)n4)cc3C2)C1. The molecule has 0 atom stereocenters. The van der Waals surface area contributed by atoms with Gasteiger partial charge in [0, 0.05) is 42.0 Å². The Labute approximate surface area is 206 Å². The van der Waals surface area contributed by atoms with Crippen molar-refractivity contribution in [2.24, 2.45) is 5.92 Å². The van der Waals surface area contributed by atoms with Crippen LogP contribution in [0, 0.1) is 11.7 Å². The number of alkyl halides is 1. The number of carbonyl (C=O) groups is 1. The molecule has 9 heteroatoms. The van der Waals surface area contributed by atoms with Crippen molar-refractivity contribution in [1.82, 2.24) is 25.1 Å². The molecule has 0 radical (unpaired) electrons. The van der Waals surface area contributed by atoms with Gasteiger partial charge in [0.15, 0.2) is 17.5 Å². The summed E-state index contributed by atoms with van der Waals surface area (Å²) in [6.45, 7) is 2.53. The highest BCUT2D eigenvalue weighted by atomic mass is 19.1. The molecule has 0 unspecified atom stereocenters. The lowest BCUT2D eigenvalue weighted by Gasteiger charge is -2.39. The summed E-state index contributed by atoms with van der Waals surface area (Å²) in [5.74, 6) is -0.333. The van der Waals surface area contributed by atoms with Crippen LogP contribution in [0.15, 0.2) is 61.1 Å². The highest BCUT2D eigenvalue weighted by Crippen LogP contribution is 2.42. The fraction of sp³-hybridized carbons (Fsp3) is 0.259. The molecule has 7 nitrogen and oxygen atoms in total. The quantitative estimate of drug-likeness (QED) is 0.395. The van der Waals surface area contributed by atoms with Gasteiger partial charge in [-0.1, -0.05) is 24.3 Å². The number of nitrogens with zero attached hydrogens (tertiary/aromatic N) is 4. The fourth-order valence-electron chi connectivity index (χ4n) is 4.98. The Morgan fingerprint density at radius 2 is 1.81 bits per heavy atom. The monoisotopic (exact) mass is 486 g/mol. The summed E-state index contributed by atoms with van der Waals surface area (Å²) in [5, 5.41) is 9.76. The van der Waals surface area contributed by atoms with E-state index in [1.165, 1.54) is 0 Å². The van der Waals surface area contributed by atoms with Crippen molar-refractivity contribution in [2.45, 2.75) is 38.5 Å². The molecule has 182 valence electrons. The van der Waals surface area contributed by atoms with Gasteiger partial charge in [0.2, 0.25) is 5.91 Å². The van der Waals surface area contributed by atoms with Gasteiger partial charge < -0.3 is 10.2 Å². The molecule has 1 aliphatic carbocycles. The zero-order chi connectivity index (χ0) is 24.9. The number of nitrogens with one attached hydrogen (secondary N) is 2. The average molecular weight is 487 g/mol. The van der Waals surface area contributed by atoms with Crippen LogP contribution in [0.3, 0.4) is 0 Å². The number of fused-ring (bicyclic) bond motifs is 1. The van der Waals surface area contributed by atoms with E-state index in [1.807, 2.05) is 42.5 Å². The van der Waals surface area contributed by atoms with Gasteiger partial charge >= 0.3 is 0 Å². The van der Waals surface area contributed by atoms with Gasteiger partial charge in [-0.2, -0.15) is 5.10 Å². The molecule has 36 heavy (non-hydrogen) atoms. The van der Waals surface area contributed by atoms with Crippen LogP contribution >= 0.6 is 0 Å². The number of H-pyrrole nitrogens is 1. The summed E-state index contributed by atoms with van der Waals surface area (Å²) in [6, 6.07) is 13.3. The van der Waals surface area contributed by atoms with Crippen LogP contribution < -0.4 is 5.32 Å². The zero-order valence-corrected chi connectivity index (χ0v) is 19.6. The lowest BCUT2D eigenvalue weighted by atomic mass is 9.73. The Balaban J connectivity index is 1.18. The molecule has 1 saturated carbocycles. The van der Waals surface area contributed by atoms with Crippen LogP contribution in [0.5, 0.6) is 0 Å². The number of carbonyl (C=O) groups excluding carboxylic acids is 1. The number of hydrogen-bond donors (Lipinski definition) is 2. The van der Waals surface area contributed by atoms with E-state index in [1.54, 1.807) is 24.2 Å². The third kappa shape index (κ3) is 4.21. The maximum atomic E-state index is 14.5. The van der Waals surface area contributed by atoms with Crippen LogP contribution in [0.25, 0.3) is 22.5 Å². The van der Waals surface area contributed by atoms with Gasteiger partial charge in [0.1, 0.15) is 5.67 Å². The van der Waals surface area contributed by atoms with Gasteiger partial charge in [0.05, 0.1) is 12.4 Å². The molecule has 0 bridgehead atoms. The Morgan fingerprint density at radius 3 is 2.53 bits per heavy atom. The lowest BCUT2D eigenvalue weighted by molar-refractivity contribution is -0.144. The van der Waals surface area contributed by atoms with Gasteiger partial charge in [-0.15, -0.1) is 0 Å². The maximum Gasteiger partial charge on any atom is 0.226 e. The number of aromatic nitrogens is 4. The van der Waals surface area contributed by atoms with Gasteiger partial charge in [-0.05, 0) is 54.7 Å². The second-order valence-electron chi connectivity index (χ2n) is 9.78. The topological polar surface area (TPSA) is 86.8 Å². The Morgan fingerprint density at radius 1 is 1.06 bits per heavy atom. The van der Waals surface area contributed by atoms with Crippen molar-refractivity contribution in [3.8, 4) is 22.5 Å². The molecule has 1 aliphatic heterocycles. The average Bonchev–Trinajstić information content (AvgIpc) is 3.54. The minimum Gasteiger partial charge on any atom is -0.338 e. The third-order valence-corrected chi connectivity index (χ3v) is 6.92. The van der Waals surface area contributed by atoms with Crippen molar-refractivity contribution < 1.29 is 13.6 Å². The van der Waals surface area contributed by atoms with Crippen molar-refractivity contribution >= 4 is 17.4 Å². The molecule has 6 rings (SSSR count). The van der Waals surface area contributed by atoms with Gasteiger partial charge in [-0.3, -0.25) is 9.89 Å². The van der Waals surface area contributed by atoms with Crippen molar-refractivity contribution in [1.29, 1.82) is 0 Å². The van der Waals surface area contributed by atoms with Gasteiger partial charge in [-0.25, -0.2) is 18.7 Å².